The van der Waals surface area contributed by atoms with E-state index in [4.69, 9.17) is 9.47 Å². The second kappa shape index (κ2) is 32.3. The maximum absolute atomic E-state index is 12.3. The van der Waals surface area contributed by atoms with E-state index >= 15 is 0 Å². The van der Waals surface area contributed by atoms with Gasteiger partial charge in [0.15, 0.2) is 0 Å². The van der Waals surface area contributed by atoms with E-state index in [9.17, 15) is 9.59 Å². The molecule has 5 heteroatoms. The van der Waals surface area contributed by atoms with Crippen LogP contribution in [0.5, 0.6) is 0 Å². The molecule has 43 heavy (non-hydrogen) atoms. The van der Waals surface area contributed by atoms with E-state index in [0.29, 0.717) is 37.9 Å². The first-order valence-electron chi connectivity index (χ1n) is 19.0. The van der Waals surface area contributed by atoms with Crippen molar-refractivity contribution in [1.29, 1.82) is 0 Å². The highest BCUT2D eigenvalue weighted by molar-refractivity contribution is 5.69. The lowest BCUT2D eigenvalue weighted by atomic mass is 9.96. The van der Waals surface area contributed by atoms with E-state index in [2.05, 4.69) is 39.5 Å². The van der Waals surface area contributed by atoms with Crippen LogP contribution in [-0.4, -0.2) is 49.7 Å². The van der Waals surface area contributed by atoms with Gasteiger partial charge in [-0.1, -0.05) is 125 Å². The normalized spacial score (nSPS) is 12.9. The number of esters is 2. The third kappa shape index (κ3) is 28.1. The maximum Gasteiger partial charge on any atom is 0.305 e. The van der Waals surface area contributed by atoms with Crippen LogP contribution in [0, 0.1) is 11.8 Å². The Morgan fingerprint density at radius 1 is 0.465 bits per heavy atom. The molecular formula is C38H75NO4. The molecule has 0 amide bonds. The quantitative estimate of drug-likeness (QED) is 0.0547. The van der Waals surface area contributed by atoms with Crippen molar-refractivity contribution in [3.05, 3.63) is 0 Å². The van der Waals surface area contributed by atoms with Crippen molar-refractivity contribution in [2.24, 2.45) is 11.8 Å². The molecule has 2 atom stereocenters. The van der Waals surface area contributed by atoms with Gasteiger partial charge in [0.1, 0.15) is 0 Å². The third-order valence-corrected chi connectivity index (χ3v) is 8.98. The lowest BCUT2D eigenvalue weighted by molar-refractivity contribution is -0.146. The predicted molar refractivity (Wildman–Crippen MR) is 185 cm³/mol. The van der Waals surface area contributed by atoms with Gasteiger partial charge in [0, 0.05) is 12.8 Å². The zero-order valence-corrected chi connectivity index (χ0v) is 29.7. The van der Waals surface area contributed by atoms with Crippen LogP contribution < -0.4 is 0 Å². The largest absolute Gasteiger partial charge is 0.465 e. The Bertz CT molecular complexity index is 561. The maximum atomic E-state index is 12.3. The van der Waals surface area contributed by atoms with Crippen molar-refractivity contribution < 1.29 is 19.1 Å². The van der Waals surface area contributed by atoms with E-state index < -0.39 is 0 Å². The summed E-state index contributed by atoms with van der Waals surface area (Å²) in [6.45, 7) is 15.7. The van der Waals surface area contributed by atoms with Gasteiger partial charge in [0.25, 0.3) is 0 Å². The third-order valence-electron chi connectivity index (χ3n) is 8.98. The van der Waals surface area contributed by atoms with Crippen LogP contribution in [-0.2, 0) is 19.1 Å². The SMILES string of the molecule is CCCCCCC(CCCC)COC(=O)CCCCCN(CC)CCCCCC(=O)OCC(CCCC)CCCCCC. The lowest BCUT2D eigenvalue weighted by Gasteiger charge is -2.20. The van der Waals surface area contributed by atoms with Gasteiger partial charge in [0.2, 0.25) is 0 Å². The van der Waals surface area contributed by atoms with Crippen molar-refractivity contribution in [3.63, 3.8) is 0 Å². The Kier molecular flexibility index (Phi) is 31.5. The van der Waals surface area contributed by atoms with E-state index in [0.717, 1.165) is 58.2 Å². The molecule has 0 aromatic rings. The molecule has 0 aromatic heterocycles. The van der Waals surface area contributed by atoms with Crippen LogP contribution in [0.25, 0.3) is 0 Å². The number of unbranched alkanes of at least 4 members (excludes halogenated alkanes) is 12. The minimum atomic E-state index is -0.00983. The summed E-state index contributed by atoms with van der Waals surface area (Å²) in [6.07, 6.45) is 27.3. The number of hydrogen-bond donors (Lipinski definition) is 0. The summed E-state index contributed by atoms with van der Waals surface area (Å²) in [4.78, 5) is 27.1. The molecule has 0 fully saturated rings. The van der Waals surface area contributed by atoms with Crippen LogP contribution in [0.1, 0.15) is 189 Å². The Morgan fingerprint density at radius 3 is 1.21 bits per heavy atom. The number of carbonyl (C=O) groups is 2. The van der Waals surface area contributed by atoms with Crippen molar-refractivity contribution in [2.45, 2.75) is 189 Å². The lowest BCUT2D eigenvalue weighted by Crippen LogP contribution is -2.25. The molecule has 0 radical (unpaired) electrons. The van der Waals surface area contributed by atoms with Gasteiger partial charge in [-0.3, -0.25) is 9.59 Å². The topological polar surface area (TPSA) is 55.8 Å². The monoisotopic (exact) mass is 610 g/mol. The summed E-state index contributed by atoms with van der Waals surface area (Å²) < 4.78 is 11.4. The molecule has 0 rings (SSSR count). The van der Waals surface area contributed by atoms with Crippen LogP contribution in [0.2, 0.25) is 0 Å². The van der Waals surface area contributed by atoms with Gasteiger partial charge < -0.3 is 14.4 Å². The molecule has 0 spiro atoms. The van der Waals surface area contributed by atoms with Gasteiger partial charge >= 0.3 is 11.9 Å². The zero-order chi connectivity index (χ0) is 31.8. The molecular weight excluding hydrogens is 534 g/mol. The number of hydrogen-bond acceptors (Lipinski definition) is 5. The molecule has 0 saturated heterocycles. The Hall–Kier alpha value is -1.10. The molecule has 0 aromatic carbocycles. The molecule has 0 aliphatic heterocycles. The van der Waals surface area contributed by atoms with E-state index in [1.54, 1.807) is 0 Å². The minimum absolute atomic E-state index is 0.00983. The molecule has 0 heterocycles. The first kappa shape index (κ1) is 41.9. The van der Waals surface area contributed by atoms with Crippen LogP contribution in [0.15, 0.2) is 0 Å². The second-order valence-corrected chi connectivity index (χ2v) is 13.1. The zero-order valence-electron chi connectivity index (χ0n) is 29.7. The van der Waals surface area contributed by atoms with Crippen LogP contribution in [0.4, 0.5) is 0 Å². The molecule has 256 valence electrons. The van der Waals surface area contributed by atoms with Gasteiger partial charge in [-0.05, 0) is 82.8 Å². The fourth-order valence-electron chi connectivity index (χ4n) is 5.88. The molecule has 2 unspecified atom stereocenters. The molecule has 0 bridgehead atoms. The summed E-state index contributed by atoms with van der Waals surface area (Å²) >= 11 is 0. The summed E-state index contributed by atoms with van der Waals surface area (Å²) in [6, 6.07) is 0. The highest BCUT2D eigenvalue weighted by Crippen LogP contribution is 2.20. The number of rotatable bonds is 33. The summed E-state index contributed by atoms with van der Waals surface area (Å²) in [5, 5.41) is 0. The highest BCUT2D eigenvalue weighted by Gasteiger charge is 2.13. The number of ether oxygens (including phenoxy) is 2. The summed E-state index contributed by atoms with van der Waals surface area (Å²) in [7, 11) is 0. The smallest absolute Gasteiger partial charge is 0.305 e. The van der Waals surface area contributed by atoms with Gasteiger partial charge in [-0.25, -0.2) is 0 Å². The van der Waals surface area contributed by atoms with Crippen molar-refractivity contribution >= 4 is 11.9 Å². The Balaban J connectivity index is 3.96. The Labute approximate surface area is 269 Å². The molecule has 0 N–H and O–H groups in total. The minimum Gasteiger partial charge on any atom is -0.465 e. The number of nitrogens with zero attached hydrogens (tertiary/aromatic N) is 1. The fraction of sp³-hybridized carbons (Fsp3) is 0.947. The first-order valence-corrected chi connectivity index (χ1v) is 19.0. The van der Waals surface area contributed by atoms with Gasteiger partial charge in [0.05, 0.1) is 13.2 Å². The standard InChI is InChI=1S/C38H75NO4/c1-6-11-15-19-27-35(25-13-8-3)33-42-37(40)29-21-17-23-31-39(10-5)32-24-18-22-30-38(41)43-34-36(26-14-9-4)28-20-16-12-7-2/h35-36H,6-34H2,1-5H3. The molecule has 5 nitrogen and oxygen atoms in total. The summed E-state index contributed by atoms with van der Waals surface area (Å²) in [5.74, 6) is 1.06. The molecule has 0 aliphatic rings. The Morgan fingerprint density at radius 2 is 0.837 bits per heavy atom. The highest BCUT2D eigenvalue weighted by atomic mass is 16.5. The van der Waals surface area contributed by atoms with Crippen molar-refractivity contribution in [3.8, 4) is 0 Å². The van der Waals surface area contributed by atoms with Gasteiger partial charge in [-0.15, -0.1) is 0 Å². The number of carbonyl (C=O) groups excluding carboxylic acids is 2. The second-order valence-electron chi connectivity index (χ2n) is 13.1. The average Bonchev–Trinajstić information content (AvgIpc) is 3.01. The van der Waals surface area contributed by atoms with Crippen LogP contribution in [0.3, 0.4) is 0 Å². The van der Waals surface area contributed by atoms with Crippen molar-refractivity contribution in [2.75, 3.05) is 32.8 Å². The average molecular weight is 610 g/mol. The molecule has 0 saturated carbocycles. The first-order chi connectivity index (χ1) is 21.0. The van der Waals surface area contributed by atoms with Crippen LogP contribution >= 0.6 is 0 Å². The fourth-order valence-corrected chi connectivity index (χ4v) is 5.88. The van der Waals surface area contributed by atoms with Gasteiger partial charge in [-0.2, -0.15) is 0 Å². The molecule has 0 aliphatic carbocycles. The van der Waals surface area contributed by atoms with E-state index in [-0.39, 0.29) is 11.9 Å². The van der Waals surface area contributed by atoms with E-state index in [1.165, 1.54) is 103 Å². The van der Waals surface area contributed by atoms with Crippen molar-refractivity contribution in [1.82, 2.24) is 4.90 Å². The predicted octanol–water partition coefficient (Wildman–Crippen LogP) is 11.1. The summed E-state index contributed by atoms with van der Waals surface area (Å²) in [5.41, 5.74) is 0. The van der Waals surface area contributed by atoms with E-state index in [1.807, 2.05) is 0 Å².